The molecule has 0 aromatic heterocycles. The van der Waals surface area contributed by atoms with E-state index in [0.29, 0.717) is 13.2 Å². The second kappa shape index (κ2) is 7.70. The van der Waals surface area contributed by atoms with Crippen LogP contribution in [0, 0.1) is 6.92 Å². The molecule has 2 aromatic carbocycles. The van der Waals surface area contributed by atoms with Crippen molar-refractivity contribution in [1.82, 2.24) is 0 Å². The molecule has 3 heteroatoms. The van der Waals surface area contributed by atoms with E-state index in [1.807, 2.05) is 12.1 Å². The molecule has 0 bridgehead atoms. The summed E-state index contributed by atoms with van der Waals surface area (Å²) in [6.07, 6.45) is 1.84. The fourth-order valence-electron chi connectivity index (χ4n) is 2.22. The minimum Gasteiger partial charge on any atom is -0.493 e. The Kier molecular flexibility index (Phi) is 5.64. The lowest BCUT2D eigenvalue weighted by Gasteiger charge is -2.15. The van der Waals surface area contributed by atoms with Crippen LogP contribution in [0.2, 0.25) is 0 Å². The zero-order valence-corrected chi connectivity index (χ0v) is 12.8. The summed E-state index contributed by atoms with van der Waals surface area (Å²) >= 11 is 0. The second-order valence-corrected chi connectivity index (χ2v) is 5.12. The summed E-state index contributed by atoms with van der Waals surface area (Å²) in [6.45, 7) is 3.29. The van der Waals surface area contributed by atoms with Gasteiger partial charge < -0.3 is 15.2 Å². The molecule has 0 aliphatic heterocycles. The molecule has 0 aliphatic rings. The third kappa shape index (κ3) is 4.23. The lowest BCUT2D eigenvalue weighted by atomic mass is 10.1. The van der Waals surface area contributed by atoms with Gasteiger partial charge in [-0.1, -0.05) is 42.0 Å². The average Bonchev–Trinajstić information content (AvgIpc) is 2.52. The van der Waals surface area contributed by atoms with E-state index in [9.17, 15) is 0 Å². The van der Waals surface area contributed by atoms with Crippen molar-refractivity contribution in [2.24, 2.45) is 5.73 Å². The molecule has 0 fully saturated rings. The molecule has 2 aromatic rings. The molecule has 0 amide bonds. The molecule has 0 heterocycles. The van der Waals surface area contributed by atoms with Crippen LogP contribution in [-0.4, -0.2) is 13.7 Å². The highest BCUT2D eigenvalue weighted by Gasteiger charge is 2.10. The van der Waals surface area contributed by atoms with Gasteiger partial charge in [0, 0.05) is 0 Å². The zero-order chi connectivity index (χ0) is 15.1. The second-order valence-electron chi connectivity index (χ2n) is 5.12. The van der Waals surface area contributed by atoms with Crippen molar-refractivity contribution < 1.29 is 9.47 Å². The average molecular weight is 285 g/mol. The van der Waals surface area contributed by atoms with E-state index in [1.54, 1.807) is 7.11 Å². The van der Waals surface area contributed by atoms with Crippen molar-refractivity contribution in [2.45, 2.75) is 26.4 Å². The molecule has 112 valence electrons. The number of rotatable bonds is 7. The van der Waals surface area contributed by atoms with Crippen LogP contribution in [0.3, 0.4) is 0 Å². The first-order valence-electron chi connectivity index (χ1n) is 7.29. The Morgan fingerprint density at radius 1 is 1.05 bits per heavy atom. The molecule has 0 atom stereocenters. The standard InChI is InChI=1S/C18H23NO2/c1-14-8-10-15(11-9-14)13-21-18-16(6-4-12-19)5-3-7-17(18)20-2/h3,5,7-11H,4,6,12-13,19H2,1-2H3. The van der Waals surface area contributed by atoms with Crippen molar-refractivity contribution in [3.8, 4) is 11.5 Å². The van der Waals surface area contributed by atoms with Gasteiger partial charge in [-0.15, -0.1) is 0 Å². The fraction of sp³-hybridized carbons (Fsp3) is 0.333. The van der Waals surface area contributed by atoms with Gasteiger partial charge in [-0.2, -0.15) is 0 Å². The van der Waals surface area contributed by atoms with Crippen LogP contribution >= 0.6 is 0 Å². The highest BCUT2D eigenvalue weighted by molar-refractivity contribution is 5.46. The Morgan fingerprint density at radius 3 is 2.48 bits per heavy atom. The number of benzene rings is 2. The van der Waals surface area contributed by atoms with Crippen LogP contribution < -0.4 is 15.2 Å². The van der Waals surface area contributed by atoms with Gasteiger partial charge in [0.05, 0.1) is 7.11 Å². The zero-order valence-electron chi connectivity index (χ0n) is 12.8. The van der Waals surface area contributed by atoms with E-state index in [4.69, 9.17) is 15.2 Å². The highest BCUT2D eigenvalue weighted by Crippen LogP contribution is 2.32. The van der Waals surface area contributed by atoms with E-state index >= 15 is 0 Å². The van der Waals surface area contributed by atoms with Gasteiger partial charge in [-0.05, 0) is 43.5 Å². The van der Waals surface area contributed by atoms with E-state index in [0.717, 1.165) is 35.5 Å². The molecule has 2 N–H and O–H groups in total. The number of hydrogen-bond donors (Lipinski definition) is 1. The molecular formula is C18H23NO2. The molecule has 0 spiro atoms. The first kappa shape index (κ1) is 15.4. The number of para-hydroxylation sites is 1. The Morgan fingerprint density at radius 2 is 1.81 bits per heavy atom. The van der Waals surface area contributed by atoms with Crippen molar-refractivity contribution in [3.63, 3.8) is 0 Å². The molecule has 0 radical (unpaired) electrons. The van der Waals surface area contributed by atoms with Crippen LogP contribution in [-0.2, 0) is 13.0 Å². The lowest BCUT2D eigenvalue weighted by Crippen LogP contribution is -2.04. The number of hydrogen-bond acceptors (Lipinski definition) is 3. The molecule has 2 rings (SSSR count). The van der Waals surface area contributed by atoms with Gasteiger partial charge in [-0.25, -0.2) is 0 Å². The van der Waals surface area contributed by atoms with Crippen LogP contribution in [0.1, 0.15) is 23.1 Å². The molecular weight excluding hydrogens is 262 g/mol. The monoisotopic (exact) mass is 285 g/mol. The number of aryl methyl sites for hydroxylation is 2. The fourth-order valence-corrected chi connectivity index (χ4v) is 2.22. The van der Waals surface area contributed by atoms with Gasteiger partial charge in [0.25, 0.3) is 0 Å². The van der Waals surface area contributed by atoms with Crippen LogP contribution in [0.15, 0.2) is 42.5 Å². The maximum Gasteiger partial charge on any atom is 0.164 e. The van der Waals surface area contributed by atoms with E-state index < -0.39 is 0 Å². The number of methoxy groups -OCH3 is 1. The molecule has 0 aliphatic carbocycles. The van der Waals surface area contributed by atoms with Gasteiger partial charge in [-0.3, -0.25) is 0 Å². The molecule has 3 nitrogen and oxygen atoms in total. The van der Waals surface area contributed by atoms with Crippen LogP contribution in [0.5, 0.6) is 11.5 Å². The van der Waals surface area contributed by atoms with Crippen molar-refractivity contribution >= 4 is 0 Å². The lowest BCUT2D eigenvalue weighted by molar-refractivity contribution is 0.281. The molecule has 0 saturated carbocycles. The van der Waals surface area contributed by atoms with Gasteiger partial charge >= 0.3 is 0 Å². The minimum atomic E-state index is 0.538. The highest BCUT2D eigenvalue weighted by atomic mass is 16.5. The van der Waals surface area contributed by atoms with Crippen molar-refractivity contribution in [3.05, 3.63) is 59.2 Å². The Balaban J connectivity index is 2.14. The first-order chi connectivity index (χ1) is 10.2. The van der Waals surface area contributed by atoms with Crippen LogP contribution in [0.4, 0.5) is 0 Å². The maximum absolute atomic E-state index is 6.02. The quantitative estimate of drug-likeness (QED) is 0.847. The summed E-state index contributed by atoms with van der Waals surface area (Å²) in [7, 11) is 1.67. The SMILES string of the molecule is COc1cccc(CCCN)c1OCc1ccc(C)cc1. The summed E-state index contributed by atoms with van der Waals surface area (Å²) in [4.78, 5) is 0. The molecule has 0 unspecified atom stereocenters. The summed E-state index contributed by atoms with van der Waals surface area (Å²) in [6, 6.07) is 14.4. The van der Waals surface area contributed by atoms with E-state index in [1.165, 1.54) is 5.56 Å². The third-order valence-corrected chi connectivity index (χ3v) is 3.43. The topological polar surface area (TPSA) is 44.5 Å². The number of nitrogens with two attached hydrogens (primary N) is 1. The molecule has 0 saturated heterocycles. The van der Waals surface area contributed by atoms with Gasteiger partial charge in [0.2, 0.25) is 0 Å². The summed E-state index contributed by atoms with van der Waals surface area (Å²) in [5.74, 6) is 1.60. The summed E-state index contributed by atoms with van der Waals surface area (Å²) in [5.41, 5.74) is 9.15. The minimum absolute atomic E-state index is 0.538. The van der Waals surface area contributed by atoms with Crippen LogP contribution in [0.25, 0.3) is 0 Å². The van der Waals surface area contributed by atoms with Crippen molar-refractivity contribution in [1.29, 1.82) is 0 Å². The van der Waals surface area contributed by atoms with E-state index in [-0.39, 0.29) is 0 Å². The van der Waals surface area contributed by atoms with Gasteiger partial charge in [0.15, 0.2) is 11.5 Å². The summed E-state index contributed by atoms with van der Waals surface area (Å²) in [5, 5.41) is 0. The predicted molar refractivity (Wildman–Crippen MR) is 85.9 cm³/mol. The maximum atomic E-state index is 6.02. The Hall–Kier alpha value is -2.00. The van der Waals surface area contributed by atoms with Crippen molar-refractivity contribution in [2.75, 3.05) is 13.7 Å². The van der Waals surface area contributed by atoms with E-state index in [2.05, 4.69) is 37.3 Å². The Bertz CT molecular complexity index is 564. The molecule has 21 heavy (non-hydrogen) atoms. The number of ether oxygens (including phenoxy) is 2. The normalized spacial score (nSPS) is 10.4. The summed E-state index contributed by atoms with van der Waals surface area (Å²) < 4.78 is 11.4. The first-order valence-corrected chi connectivity index (χ1v) is 7.29. The smallest absolute Gasteiger partial charge is 0.164 e. The predicted octanol–water partition coefficient (Wildman–Crippen LogP) is 3.47. The Labute approximate surface area is 126 Å². The largest absolute Gasteiger partial charge is 0.493 e. The third-order valence-electron chi connectivity index (χ3n) is 3.43. The van der Waals surface area contributed by atoms with Gasteiger partial charge in [0.1, 0.15) is 6.61 Å².